The predicted octanol–water partition coefficient (Wildman–Crippen LogP) is 3.29. The van der Waals surface area contributed by atoms with Crippen molar-refractivity contribution in [2.75, 3.05) is 6.54 Å². The van der Waals surface area contributed by atoms with E-state index in [-0.39, 0.29) is 0 Å². The van der Waals surface area contributed by atoms with Crippen LogP contribution in [0.4, 0.5) is 0 Å². The van der Waals surface area contributed by atoms with Gasteiger partial charge in [-0.3, -0.25) is 0 Å². The third kappa shape index (κ3) is 3.31. The Morgan fingerprint density at radius 3 is 2.89 bits per heavy atom. The number of aromatic nitrogens is 1. The lowest BCUT2D eigenvalue weighted by Gasteiger charge is -2.10. The Morgan fingerprint density at radius 2 is 2.11 bits per heavy atom. The van der Waals surface area contributed by atoms with E-state index in [9.17, 15) is 0 Å². The molecule has 0 spiro atoms. The van der Waals surface area contributed by atoms with Crippen LogP contribution in [0.1, 0.15) is 18.1 Å². The fraction of sp³-hybridized carbons (Fsp3) is 0.267. The van der Waals surface area contributed by atoms with Crippen LogP contribution in [0.2, 0.25) is 0 Å². The minimum absolute atomic E-state index is 0.670. The summed E-state index contributed by atoms with van der Waals surface area (Å²) in [5.74, 6) is 1.50. The quantitative estimate of drug-likeness (QED) is 0.873. The van der Waals surface area contributed by atoms with Gasteiger partial charge < -0.3 is 10.1 Å². The van der Waals surface area contributed by atoms with Crippen LogP contribution in [0.3, 0.4) is 0 Å². The van der Waals surface area contributed by atoms with Crippen molar-refractivity contribution in [3.8, 4) is 11.6 Å². The van der Waals surface area contributed by atoms with Crippen molar-refractivity contribution in [1.82, 2.24) is 10.3 Å². The number of rotatable bonds is 5. The van der Waals surface area contributed by atoms with E-state index in [0.29, 0.717) is 5.88 Å². The number of ether oxygens (including phenoxy) is 1. The summed E-state index contributed by atoms with van der Waals surface area (Å²) in [6.07, 6.45) is 1.75. The molecule has 0 radical (unpaired) electrons. The highest BCUT2D eigenvalue weighted by atomic mass is 16.5. The van der Waals surface area contributed by atoms with Gasteiger partial charge in [0, 0.05) is 18.3 Å². The Labute approximate surface area is 108 Å². The van der Waals surface area contributed by atoms with Crippen molar-refractivity contribution in [3.05, 3.63) is 53.7 Å². The molecular weight excluding hydrogens is 224 g/mol. The summed E-state index contributed by atoms with van der Waals surface area (Å²) in [7, 11) is 0. The van der Waals surface area contributed by atoms with Crippen molar-refractivity contribution in [2.45, 2.75) is 20.4 Å². The lowest BCUT2D eigenvalue weighted by molar-refractivity contribution is 0.453. The number of benzene rings is 1. The number of nitrogens with one attached hydrogen (secondary N) is 1. The van der Waals surface area contributed by atoms with E-state index in [1.807, 2.05) is 43.3 Å². The second-order valence-electron chi connectivity index (χ2n) is 4.17. The lowest BCUT2D eigenvalue weighted by Crippen LogP contribution is -2.12. The molecule has 0 unspecified atom stereocenters. The SMILES string of the molecule is CCNCc1cccnc1Oc1cccc(C)c1. The van der Waals surface area contributed by atoms with Crippen LogP contribution < -0.4 is 10.1 Å². The molecule has 1 aromatic carbocycles. The van der Waals surface area contributed by atoms with Crippen molar-refractivity contribution >= 4 is 0 Å². The first kappa shape index (κ1) is 12.6. The van der Waals surface area contributed by atoms with E-state index < -0.39 is 0 Å². The first-order chi connectivity index (χ1) is 8.79. The van der Waals surface area contributed by atoms with Crippen LogP contribution in [0.15, 0.2) is 42.6 Å². The van der Waals surface area contributed by atoms with E-state index in [4.69, 9.17) is 4.74 Å². The molecule has 0 bridgehead atoms. The zero-order chi connectivity index (χ0) is 12.8. The van der Waals surface area contributed by atoms with E-state index in [2.05, 4.69) is 17.2 Å². The third-order valence-electron chi connectivity index (χ3n) is 2.62. The summed E-state index contributed by atoms with van der Waals surface area (Å²) in [6.45, 7) is 5.83. The monoisotopic (exact) mass is 242 g/mol. The molecule has 3 heteroatoms. The molecular formula is C15H18N2O. The molecule has 0 aliphatic carbocycles. The highest BCUT2D eigenvalue weighted by molar-refractivity contribution is 5.34. The molecule has 0 aliphatic rings. The largest absolute Gasteiger partial charge is 0.439 e. The maximum atomic E-state index is 5.84. The smallest absolute Gasteiger partial charge is 0.223 e. The molecule has 18 heavy (non-hydrogen) atoms. The van der Waals surface area contributed by atoms with Gasteiger partial charge in [0.2, 0.25) is 5.88 Å². The van der Waals surface area contributed by atoms with Gasteiger partial charge in [-0.05, 0) is 37.2 Å². The van der Waals surface area contributed by atoms with Gasteiger partial charge in [-0.15, -0.1) is 0 Å². The van der Waals surface area contributed by atoms with Crippen molar-refractivity contribution in [1.29, 1.82) is 0 Å². The predicted molar refractivity (Wildman–Crippen MR) is 72.9 cm³/mol. The Kier molecular flexibility index (Phi) is 4.31. The lowest BCUT2D eigenvalue weighted by atomic mass is 10.2. The van der Waals surface area contributed by atoms with E-state index in [0.717, 1.165) is 24.4 Å². The molecule has 2 rings (SSSR count). The van der Waals surface area contributed by atoms with Crippen LogP contribution in [0.5, 0.6) is 11.6 Å². The molecule has 0 atom stereocenters. The summed E-state index contributed by atoms with van der Waals surface area (Å²) in [5, 5.41) is 3.28. The molecule has 1 heterocycles. The Balaban J connectivity index is 2.17. The van der Waals surface area contributed by atoms with E-state index >= 15 is 0 Å². The Morgan fingerprint density at radius 1 is 1.22 bits per heavy atom. The summed E-state index contributed by atoms with van der Waals surface area (Å²) in [5.41, 5.74) is 2.25. The standard InChI is InChI=1S/C15H18N2O/c1-3-16-11-13-7-5-9-17-15(13)18-14-8-4-6-12(2)10-14/h4-10,16H,3,11H2,1-2H3. The van der Waals surface area contributed by atoms with Gasteiger partial charge in [0.15, 0.2) is 0 Å². The summed E-state index contributed by atoms with van der Waals surface area (Å²) in [4.78, 5) is 4.29. The number of aryl methyl sites for hydroxylation is 1. The highest BCUT2D eigenvalue weighted by Gasteiger charge is 2.05. The van der Waals surface area contributed by atoms with Crippen LogP contribution in [-0.2, 0) is 6.54 Å². The highest BCUT2D eigenvalue weighted by Crippen LogP contribution is 2.23. The van der Waals surface area contributed by atoms with Gasteiger partial charge in [0.1, 0.15) is 5.75 Å². The molecule has 94 valence electrons. The Bertz CT molecular complexity index is 511. The topological polar surface area (TPSA) is 34.2 Å². The van der Waals surface area contributed by atoms with Crippen molar-refractivity contribution < 1.29 is 4.74 Å². The van der Waals surface area contributed by atoms with E-state index in [1.165, 1.54) is 5.56 Å². The van der Waals surface area contributed by atoms with Gasteiger partial charge in [0.05, 0.1) is 0 Å². The molecule has 0 aliphatic heterocycles. The average molecular weight is 242 g/mol. The third-order valence-corrected chi connectivity index (χ3v) is 2.62. The van der Waals surface area contributed by atoms with Crippen LogP contribution in [-0.4, -0.2) is 11.5 Å². The molecule has 0 saturated carbocycles. The zero-order valence-electron chi connectivity index (χ0n) is 10.8. The number of hydrogen-bond acceptors (Lipinski definition) is 3. The van der Waals surface area contributed by atoms with Crippen molar-refractivity contribution in [3.63, 3.8) is 0 Å². The first-order valence-corrected chi connectivity index (χ1v) is 6.18. The summed E-state index contributed by atoms with van der Waals surface area (Å²) < 4.78 is 5.84. The molecule has 3 nitrogen and oxygen atoms in total. The maximum absolute atomic E-state index is 5.84. The molecule has 1 N–H and O–H groups in total. The van der Waals surface area contributed by atoms with Gasteiger partial charge in [-0.2, -0.15) is 0 Å². The van der Waals surface area contributed by atoms with Crippen LogP contribution in [0.25, 0.3) is 0 Å². The average Bonchev–Trinajstić information content (AvgIpc) is 2.38. The molecule has 0 amide bonds. The minimum atomic E-state index is 0.670. The second-order valence-corrected chi connectivity index (χ2v) is 4.17. The second kappa shape index (κ2) is 6.17. The van der Waals surface area contributed by atoms with Gasteiger partial charge in [-0.25, -0.2) is 4.98 Å². The molecule has 2 aromatic rings. The fourth-order valence-electron chi connectivity index (χ4n) is 1.70. The number of nitrogens with zero attached hydrogens (tertiary/aromatic N) is 1. The normalized spacial score (nSPS) is 10.3. The summed E-state index contributed by atoms with van der Waals surface area (Å²) >= 11 is 0. The van der Waals surface area contributed by atoms with Gasteiger partial charge in [0.25, 0.3) is 0 Å². The van der Waals surface area contributed by atoms with Gasteiger partial charge >= 0.3 is 0 Å². The molecule has 1 aromatic heterocycles. The Hall–Kier alpha value is -1.87. The number of hydrogen-bond donors (Lipinski definition) is 1. The zero-order valence-corrected chi connectivity index (χ0v) is 10.8. The minimum Gasteiger partial charge on any atom is -0.439 e. The van der Waals surface area contributed by atoms with Gasteiger partial charge in [-0.1, -0.05) is 25.1 Å². The first-order valence-electron chi connectivity index (χ1n) is 6.18. The fourth-order valence-corrected chi connectivity index (χ4v) is 1.70. The maximum Gasteiger partial charge on any atom is 0.223 e. The molecule has 0 saturated heterocycles. The molecule has 0 fully saturated rings. The van der Waals surface area contributed by atoms with E-state index in [1.54, 1.807) is 6.20 Å². The van der Waals surface area contributed by atoms with Crippen LogP contribution in [0, 0.1) is 6.92 Å². The van der Waals surface area contributed by atoms with Crippen molar-refractivity contribution in [2.24, 2.45) is 0 Å². The van der Waals surface area contributed by atoms with Crippen LogP contribution >= 0.6 is 0 Å². The number of pyridine rings is 1. The summed E-state index contributed by atoms with van der Waals surface area (Å²) in [6, 6.07) is 11.9.